The zero-order chi connectivity index (χ0) is 21.5. The van der Waals surface area contributed by atoms with E-state index in [0.29, 0.717) is 42.4 Å². The molecule has 3 amide bonds. The van der Waals surface area contributed by atoms with Gasteiger partial charge in [-0.15, -0.1) is 5.10 Å². The largest absolute Gasteiger partial charge is 0.384 e. The summed E-state index contributed by atoms with van der Waals surface area (Å²) >= 11 is 0. The van der Waals surface area contributed by atoms with Gasteiger partial charge < -0.3 is 10.6 Å². The number of amides is 3. The Morgan fingerprint density at radius 2 is 2.06 bits per heavy atom. The Balaban J connectivity index is 1.35. The molecule has 2 aliphatic heterocycles. The highest BCUT2D eigenvalue weighted by Gasteiger charge is 2.39. The van der Waals surface area contributed by atoms with Crippen LogP contribution in [0.25, 0.3) is 11.3 Å². The van der Waals surface area contributed by atoms with Crippen LogP contribution < -0.4 is 11.1 Å². The smallest absolute Gasteiger partial charge is 0.255 e. The van der Waals surface area contributed by atoms with E-state index >= 15 is 0 Å². The van der Waals surface area contributed by atoms with Gasteiger partial charge in [0.15, 0.2) is 5.82 Å². The van der Waals surface area contributed by atoms with E-state index in [9.17, 15) is 14.4 Å². The van der Waals surface area contributed by atoms with Crippen molar-refractivity contribution in [2.45, 2.75) is 32.0 Å². The lowest BCUT2D eigenvalue weighted by Crippen LogP contribution is -2.52. The van der Waals surface area contributed by atoms with E-state index in [0.717, 1.165) is 11.1 Å². The number of imide groups is 1. The number of nitrogens with two attached hydrogens (primary N) is 1. The fraction of sp³-hybridized carbons (Fsp3) is 0.250. The minimum absolute atomic E-state index is 0.210. The van der Waals surface area contributed by atoms with Crippen molar-refractivity contribution < 1.29 is 14.4 Å². The molecule has 0 aliphatic carbocycles. The molecule has 1 saturated heterocycles. The standard InChI is InChI=1S/C20H18N8O3/c21-16-5-6-22-17(23-16)10-27-9-14(25-26-27)11-1-2-13-12(7-11)8-28(20(13)31)15-3-4-18(29)24-19(15)30/h1-2,5-7,9,15H,3-4,8,10H2,(H2,21,22,23)(H,24,29,30). The maximum Gasteiger partial charge on any atom is 0.255 e. The van der Waals surface area contributed by atoms with Crippen LogP contribution in [0.4, 0.5) is 5.82 Å². The third kappa shape index (κ3) is 3.50. The van der Waals surface area contributed by atoms with Gasteiger partial charge in [0, 0.05) is 30.3 Å². The lowest BCUT2D eigenvalue weighted by molar-refractivity contribution is -0.136. The van der Waals surface area contributed by atoms with Gasteiger partial charge in [-0.25, -0.2) is 14.6 Å². The first kappa shape index (κ1) is 18.9. The average molecular weight is 418 g/mol. The number of anilines is 1. The van der Waals surface area contributed by atoms with E-state index in [-0.39, 0.29) is 18.2 Å². The van der Waals surface area contributed by atoms with Crippen LogP contribution in [0.3, 0.4) is 0 Å². The zero-order valence-corrected chi connectivity index (χ0v) is 16.4. The summed E-state index contributed by atoms with van der Waals surface area (Å²) in [5.41, 5.74) is 8.48. The Morgan fingerprint density at radius 1 is 1.19 bits per heavy atom. The molecule has 0 radical (unpaired) electrons. The molecule has 1 atom stereocenters. The first-order valence-corrected chi connectivity index (χ1v) is 9.73. The lowest BCUT2D eigenvalue weighted by Gasteiger charge is -2.29. The van der Waals surface area contributed by atoms with Crippen molar-refractivity contribution in [1.29, 1.82) is 0 Å². The molecule has 0 bridgehead atoms. The number of carbonyl (C=O) groups is 3. The van der Waals surface area contributed by atoms with Crippen LogP contribution >= 0.6 is 0 Å². The number of hydrogen-bond acceptors (Lipinski definition) is 8. The Bertz CT molecular complexity index is 1220. The van der Waals surface area contributed by atoms with E-state index in [1.54, 1.807) is 35.3 Å². The minimum atomic E-state index is -0.639. The first-order chi connectivity index (χ1) is 15.0. The Morgan fingerprint density at radius 3 is 2.87 bits per heavy atom. The van der Waals surface area contributed by atoms with Crippen molar-refractivity contribution in [1.82, 2.24) is 35.2 Å². The summed E-state index contributed by atoms with van der Waals surface area (Å²) in [4.78, 5) is 46.2. The maximum absolute atomic E-state index is 12.8. The van der Waals surface area contributed by atoms with Crippen LogP contribution in [-0.2, 0) is 22.7 Å². The van der Waals surface area contributed by atoms with Crippen molar-refractivity contribution in [2.24, 2.45) is 0 Å². The number of nitrogens with one attached hydrogen (secondary N) is 1. The number of nitrogen functional groups attached to an aromatic ring is 1. The minimum Gasteiger partial charge on any atom is -0.384 e. The van der Waals surface area contributed by atoms with Crippen molar-refractivity contribution in [3.8, 4) is 11.3 Å². The van der Waals surface area contributed by atoms with E-state index in [1.165, 1.54) is 4.90 Å². The molecule has 156 valence electrons. The number of nitrogens with zero attached hydrogens (tertiary/aromatic N) is 6. The zero-order valence-electron chi connectivity index (χ0n) is 16.4. The topological polar surface area (TPSA) is 149 Å². The fourth-order valence-electron chi connectivity index (χ4n) is 3.88. The molecule has 1 unspecified atom stereocenters. The van der Waals surface area contributed by atoms with Gasteiger partial charge in [0.1, 0.15) is 24.1 Å². The van der Waals surface area contributed by atoms with Gasteiger partial charge in [-0.3, -0.25) is 19.7 Å². The molecule has 3 aromatic rings. The molecule has 0 saturated carbocycles. The van der Waals surface area contributed by atoms with Gasteiger partial charge in [-0.05, 0) is 30.2 Å². The summed E-state index contributed by atoms with van der Waals surface area (Å²) in [6, 6.07) is 6.39. The molecule has 3 N–H and O–H groups in total. The van der Waals surface area contributed by atoms with Crippen LogP contribution in [0.1, 0.15) is 34.6 Å². The van der Waals surface area contributed by atoms with Crippen molar-refractivity contribution >= 4 is 23.5 Å². The third-order valence-electron chi connectivity index (χ3n) is 5.39. The molecular formula is C20H18N8O3. The second-order valence-electron chi connectivity index (χ2n) is 7.47. The molecule has 1 aromatic carbocycles. The van der Waals surface area contributed by atoms with Gasteiger partial charge >= 0.3 is 0 Å². The molecule has 2 aromatic heterocycles. The predicted octanol–water partition coefficient (Wildman–Crippen LogP) is 0.127. The van der Waals surface area contributed by atoms with E-state index < -0.39 is 11.9 Å². The van der Waals surface area contributed by atoms with Crippen LogP contribution in [0.2, 0.25) is 0 Å². The number of hydrogen-bond donors (Lipinski definition) is 2. The van der Waals surface area contributed by atoms with E-state index in [1.807, 2.05) is 6.07 Å². The SMILES string of the molecule is Nc1ccnc(Cn2cc(-c3ccc4c(c3)CN(C3CCC(=O)NC3=O)C4=O)nn2)n1. The van der Waals surface area contributed by atoms with E-state index in [4.69, 9.17) is 5.73 Å². The Labute approximate surface area is 176 Å². The van der Waals surface area contributed by atoms with Crippen LogP contribution in [-0.4, -0.2) is 53.6 Å². The second kappa shape index (κ2) is 7.27. The number of carbonyl (C=O) groups excluding carboxylic acids is 3. The highest BCUT2D eigenvalue weighted by atomic mass is 16.2. The third-order valence-corrected chi connectivity index (χ3v) is 5.39. The molecule has 11 nitrogen and oxygen atoms in total. The highest BCUT2D eigenvalue weighted by molar-refractivity contribution is 6.05. The highest BCUT2D eigenvalue weighted by Crippen LogP contribution is 2.30. The summed E-state index contributed by atoms with van der Waals surface area (Å²) in [6.45, 7) is 0.629. The van der Waals surface area contributed by atoms with Crippen molar-refractivity contribution in [3.63, 3.8) is 0 Å². The number of benzene rings is 1. The van der Waals surface area contributed by atoms with E-state index in [2.05, 4.69) is 25.6 Å². The summed E-state index contributed by atoms with van der Waals surface area (Å²) in [7, 11) is 0. The van der Waals surface area contributed by atoms with Crippen LogP contribution in [0.5, 0.6) is 0 Å². The molecule has 2 aliphatic rings. The van der Waals surface area contributed by atoms with Gasteiger partial charge in [-0.1, -0.05) is 11.3 Å². The summed E-state index contributed by atoms with van der Waals surface area (Å²) < 4.78 is 1.61. The van der Waals surface area contributed by atoms with Gasteiger partial charge in [0.05, 0.1) is 6.20 Å². The quantitative estimate of drug-likeness (QED) is 0.568. The molecule has 5 rings (SSSR count). The Kier molecular flexibility index (Phi) is 4.42. The first-order valence-electron chi connectivity index (χ1n) is 9.73. The van der Waals surface area contributed by atoms with Gasteiger partial charge in [-0.2, -0.15) is 0 Å². The lowest BCUT2D eigenvalue weighted by atomic mass is 10.0. The second-order valence-corrected chi connectivity index (χ2v) is 7.47. The van der Waals surface area contributed by atoms with Gasteiger partial charge in [0.2, 0.25) is 11.8 Å². The summed E-state index contributed by atoms with van der Waals surface area (Å²) in [6.07, 6.45) is 3.91. The molecular weight excluding hydrogens is 400 g/mol. The summed E-state index contributed by atoms with van der Waals surface area (Å²) in [5, 5.41) is 10.6. The number of rotatable bonds is 4. The molecule has 0 spiro atoms. The molecule has 11 heteroatoms. The predicted molar refractivity (Wildman–Crippen MR) is 107 cm³/mol. The molecule has 1 fully saturated rings. The van der Waals surface area contributed by atoms with Crippen LogP contribution in [0.15, 0.2) is 36.7 Å². The maximum atomic E-state index is 12.8. The monoisotopic (exact) mass is 418 g/mol. The average Bonchev–Trinajstić information content (AvgIpc) is 3.33. The Hall–Kier alpha value is -4.15. The van der Waals surface area contributed by atoms with Gasteiger partial charge in [0.25, 0.3) is 5.91 Å². The summed E-state index contributed by atoms with van der Waals surface area (Å²) in [5.74, 6) is -0.0349. The number of piperidine rings is 1. The normalized spacial score (nSPS) is 18.3. The molecule has 31 heavy (non-hydrogen) atoms. The molecule has 4 heterocycles. The number of fused-ring (bicyclic) bond motifs is 1. The van der Waals surface area contributed by atoms with Crippen molar-refractivity contribution in [3.05, 3.63) is 53.6 Å². The van der Waals surface area contributed by atoms with Crippen LogP contribution in [0, 0.1) is 0 Å². The fourth-order valence-corrected chi connectivity index (χ4v) is 3.88. The van der Waals surface area contributed by atoms with Crippen molar-refractivity contribution in [2.75, 3.05) is 5.73 Å². The number of aromatic nitrogens is 5.